The van der Waals surface area contributed by atoms with Gasteiger partial charge in [0.15, 0.2) is 0 Å². The van der Waals surface area contributed by atoms with Crippen molar-refractivity contribution in [3.8, 4) is 0 Å². The van der Waals surface area contributed by atoms with Crippen molar-refractivity contribution in [2.75, 3.05) is 26.4 Å². The predicted octanol–water partition coefficient (Wildman–Crippen LogP) is 4.40. The summed E-state index contributed by atoms with van der Waals surface area (Å²) >= 11 is 0. The van der Waals surface area contributed by atoms with Crippen LogP contribution < -0.4 is 0 Å². The van der Waals surface area contributed by atoms with E-state index in [2.05, 4.69) is 13.5 Å². The largest absolute Gasteiger partial charge is 0.497 e. The Hall–Kier alpha value is -3.06. The third-order valence-corrected chi connectivity index (χ3v) is 4.74. The number of ether oxygens (including phenoxy) is 4. The van der Waals surface area contributed by atoms with E-state index in [9.17, 15) is 9.59 Å². The van der Waals surface area contributed by atoms with E-state index in [0.29, 0.717) is 26.2 Å². The molecule has 0 aliphatic carbocycles. The van der Waals surface area contributed by atoms with Crippen molar-refractivity contribution in [2.45, 2.75) is 44.9 Å². The summed E-state index contributed by atoms with van der Waals surface area (Å²) in [6.45, 7) is 6.96. The van der Waals surface area contributed by atoms with E-state index in [4.69, 9.17) is 18.9 Å². The zero-order valence-corrected chi connectivity index (χ0v) is 18.7. The van der Waals surface area contributed by atoms with Crippen LogP contribution >= 0.6 is 0 Å². The molecule has 0 bridgehead atoms. The number of hydrogen-bond donors (Lipinski definition) is 0. The predicted molar refractivity (Wildman–Crippen MR) is 122 cm³/mol. The zero-order chi connectivity index (χ0) is 23.0. The van der Waals surface area contributed by atoms with Crippen molar-refractivity contribution in [1.82, 2.24) is 4.90 Å². The van der Waals surface area contributed by atoms with E-state index < -0.39 is 24.2 Å². The first kappa shape index (κ1) is 25.2. The summed E-state index contributed by atoms with van der Waals surface area (Å²) in [5, 5.41) is 0. The summed E-state index contributed by atoms with van der Waals surface area (Å²) in [6, 6.07) is 9.27. The van der Waals surface area contributed by atoms with Crippen molar-refractivity contribution in [3.63, 3.8) is 0 Å². The summed E-state index contributed by atoms with van der Waals surface area (Å²) in [5.41, 5.74) is 1.02. The molecule has 0 saturated carbocycles. The summed E-state index contributed by atoms with van der Waals surface area (Å²) in [5.74, 6) is -0.509. The van der Waals surface area contributed by atoms with Crippen LogP contribution in [0.1, 0.15) is 31.7 Å². The molecule has 1 aliphatic rings. The minimum atomic E-state index is -0.724. The Morgan fingerprint density at radius 1 is 1.28 bits per heavy atom. The first-order chi connectivity index (χ1) is 15.7. The van der Waals surface area contributed by atoms with E-state index in [1.54, 1.807) is 17.1 Å². The first-order valence-corrected chi connectivity index (χ1v) is 10.9. The van der Waals surface area contributed by atoms with Gasteiger partial charge in [-0.3, -0.25) is 4.90 Å². The third-order valence-electron chi connectivity index (χ3n) is 4.74. The molecule has 1 aromatic rings. The Morgan fingerprint density at radius 3 is 2.84 bits per heavy atom. The molecular formula is C25H33NO6. The van der Waals surface area contributed by atoms with Crippen LogP contribution in [0.15, 0.2) is 67.5 Å². The molecule has 32 heavy (non-hydrogen) atoms. The van der Waals surface area contributed by atoms with Gasteiger partial charge >= 0.3 is 12.1 Å². The number of allylic oxidation sites excluding steroid dienone is 1. The summed E-state index contributed by atoms with van der Waals surface area (Å²) in [4.78, 5) is 26.0. The number of carbonyl (C=O) groups is 2. The van der Waals surface area contributed by atoms with Crippen LogP contribution in [0.2, 0.25) is 0 Å². The maximum atomic E-state index is 12.4. The number of carbonyl (C=O) groups excluding carboxylic acids is 2. The van der Waals surface area contributed by atoms with Crippen LogP contribution in [0.4, 0.5) is 4.79 Å². The van der Waals surface area contributed by atoms with Gasteiger partial charge in [-0.1, -0.05) is 55.5 Å². The van der Waals surface area contributed by atoms with E-state index in [-0.39, 0.29) is 13.2 Å². The van der Waals surface area contributed by atoms with Crippen molar-refractivity contribution in [3.05, 3.63) is 73.0 Å². The molecule has 174 valence electrons. The topological polar surface area (TPSA) is 74.3 Å². The average molecular weight is 444 g/mol. The zero-order valence-electron chi connectivity index (χ0n) is 18.7. The second kappa shape index (κ2) is 14.9. The molecule has 2 rings (SSSR count). The maximum absolute atomic E-state index is 12.4. The minimum Gasteiger partial charge on any atom is -0.497 e. The number of amides is 1. The monoisotopic (exact) mass is 443 g/mol. The Bertz CT molecular complexity index is 761. The number of benzene rings is 1. The Labute approximate surface area is 190 Å². The highest BCUT2D eigenvalue weighted by Gasteiger charge is 2.39. The number of rotatable bonds is 15. The molecule has 2 atom stereocenters. The highest BCUT2D eigenvalue weighted by molar-refractivity contribution is 5.72. The van der Waals surface area contributed by atoms with Gasteiger partial charge in [0.1, 0.15) is 32.0 Å². The smallest absolute Gasteiger partial charge is 0.410 e. The average Bonchev–Trinajstić information content (AvgIpc) is 3.17. The first-order valence-electron chi connectivity index (χ1n) is 10.9. The molecule has 0 unspecified atom stereocenters. The minimum absolute atomic E-state index is 0.125. The molecule has 1 heterocycles. The lowest BCUT2D eigenvalue weighted by molar-refractivity contribution is -0.154. The summed E-state index contributed by atoms with van der Waals surface area (Å²) < 4.78 is 21.8. The highest BCUT2D eigenvalue weighted by Crippen LogP contribution is 2.20. The van der Waals surface area contributed by atoms with Gasteiger partial charge in [0.25, 0.3) is 0 Å². The fourth-order valence-corrected chi connectivity index (χ4v) is 3.10. The second-order valence-corrected chi connectivity index (χ2v) is 7.22. The molecule has 1 aliphatic heterocycles. The number of hydrogen-bond acceptors (Lipinski definition) is 6. The van der Waals surface area contributed by atoms with E-state index in [1.165, 1.54) is 6.26 Å². The molecule has 1 amide bonds. The number of esters is 1. The second-order valence-electron chi connectivity index (χ2n) is 7.22. The van der Waals surface area contributed by atoms with E-state index in [1.807, 2.05) is 42.5 Å². The Kier molecular flexibility index (Phi) is 11.7. The molecule has 7 heteroatoms. The van der Waals surface area contributed by atoms with Gasteiger partial charge in [-0.05, 0) is 30.9 Å². The standard InChI is InChI=1S/C25H33NO6/c1-3-5-7-11-16-29-20-24(27)32-23(14-17-30-18-21-12-9-8-10-13-21)22-19-31-25(28)26(22)15-6-4-2/h4-5,7-10,12-14,17,22-23H,2-3,6,11,15-16,18-20H2,1H3/b7-5-,17-14+/t22-,23-/m1/s1. The molecule has 0 radical (unpaired) electrons. The van der Waals surface area contributed by atoms with Gasteiger partial charge in [-0.25, -0.2) is 9.59 Å². The SMILES string of the molecule is C=CCCN1C(=O)OC[C@@H]1[C@@H](/C=C/OCc1ccccc1)OC(=O)COCC/C=C\CC. The molecule has 7 nitrogen and oxygen atoms in total. The summed E-state index contributed by atoms with van der Waals surface area (Å²) in [7, 11) is 0. The number of cyclic esters (lactones) is 1. The van der Waals surface area contributed by atoms with Gasteiger partial charge in [0, 0.05) is 6.54 Å². The normalized spacial score (nSPS) is 17.0. The molecule has 0 aromatic heterocycles. The van der Waals surface area contributed by atoms with Gasteiger partial charge in [-0.15, -0.1) is 6.58 Å². The molecule has 1 saturated heterocycles. The van der Waals surface area contributed by atoms with Gasteiger partial charge in [0.2, 0.25) is 0 Å². The molecular weight excluding hydrogens is 410 g/mol. The van der Waals surface area contributed by atoms with Crippen molar-refractivity contribution < 1.29 is 28.5 Å². The summed E-state index contributed by atoms with van der Waals surface area (Å²) in [6.07, 6.45) is 10.1. The third kappa shape index (κ3) is 8.98. The van der Waals surface area contributed by atoms with Gasteiger partial charge < -0.3 is 18.9 Å². The Morgan fingerprint density at radius 2 is 2.09 bits per heavy atom. The maximum Gasteiger partial charge on any atom is 0.410 e. The molecule has 1 fully saturated rings. The van der Waals surface area contributed by atoms with Crippen LogP contribution in [0.25, 0.3) is 0 Å². The molecule has 1 aromatic carbocycles. The van der Waals surface area contributed by atoms with Crippen LogP contribution in [0.3, 0.4) is 0 Å². The Balaban J connectivity index is 1.95. The van der Waals surface area contributed by atoms with Crippen LogP contribution in [-0.4, -0.2) is 55.5 Å². The van der Waals surface area contributed by atoms with Crippen molar-refractivity contribution in [1.29, 1.82) is 0 Å². The van der Waals surface area contributed by atoms with Crippen molar-refractivity contribution >= 4 is 12.1 Å². The van der Waals surface area contributed by atoms with E-state index >= 15 is 0 Å². The lowest BCUT2D eigenvalue weighted by Gasteiger charge is -2.26. The quantitative estimate of drug-likeness (QED) is 0.173. The molecule has 0 spiro atoms. The lowest BCUT2D eigenvalue weighted by Crippen LogP contribution is -2.44. The lowest BCUT2D eigenvalue weighted by atomic mass is 10.1. The fourth-order valence-electron chi connectivity index (χ4n) is 3.10. The van der Waals surface area contributed by atoms with Crippen LogP contribution in [0.5, 0.6) is 0 Å². The van der Waals surface area contributed by atoms with Gasteiger partial charge in [-0.2, -0.15) is 0 Å². The highest BCUT2D eigenvalue weighted by atomic mass is 16.6. The fraction of sp³-hybridized carbons (Fsp3) is 0.440. The van der Waals surface area contributed by atoms with Crippen LogP contribution in [-0.2, 0) is 30.3 Å². The number of nitrogens with zero attached hydrogens (tertiary/aromatic N) is 1. The molecule has 0 N–H and O–H groups in total. The van der Waals surface area contributed by atoms with Crippen molar-refractivity contribution in [2.24, 2.45) is 0 Å². The van der Waals surface area contributed by atoms with Crippen LogP contribution in [0, 0.1) is 0 Å². The van der Waals surface area contributed by atoms with E-state index in [0.717, 1.165) is 18.4 Å². The van der Waals surface area contributed by atoms with Gasteiger partial charge in [0.05, 0.1) is 12.9 Å².